The van der Waals surface area contributed by atoms with Crippen molar-refractivity contribution in [2.75, 3.05) is 7.11 Å². The van der Waals surface area contributed by atoms with Crippen LogP contribution in [0.3, 0.4) is 0 Å². The molecule has 0 fully saturated rings. The molecule has 0 aliphatic carbocycles. The maximum Gasteiger partial charge on any atom is 0.318 e. The molecule has 0 amide bonds. The fourth-order valence-electron chi connectivity index (χ4n) is 2.32. The van der Waals surface area contributed by atoms with E-state index < -0.39 is 5.25 Å². The number of hydrogen-bond donors (Lipinski definition) is 0. The van der Waals surface area contributed by atoms with Gasteiger partial charge in [0.1, 0.15) is 5.25 Å². The van der Waals surface area contributed by atoms with Crippen LogP contribution in [0.5, 0.6) is 0 Å². The Morgan fingerprint density at radius 1 is 1.29 bits per heavy atom. The summed E-state index contributed by atoms with van der Waals surface area (Å²) in [4.78, 5) is 28.8. The van der Waals surface area contributed by atoms with Gasteiger partial charge >= 0.3 is 5.97 Å². The molecule has 0 aliphatic heterocycles. The van der Waals surface area contributed by atoms with Gasteiger partial charge in [0.2, 0.25) is 0 Å². The number of carbonyl (C=O) groups is 1. The number of nitrogens with zero attached hydrogens (tertiary/aromatic N) is 2. The molecule has 128 valence electrons. The molecule has 0 radical (unpaired) electrons. The third-order valence-electron chi connectivity index (χ3n) is 3.87. The summed E-state index contributed by atoms with van der Waals surface area (Å²) in [7, 11) is 3.03. The molecule has 1 atom stereocenters. The maximum atomic E-state index is 12.7. The van der Waals surface area contributed by atoms with E-state index in [4.69, 9.17) is 4.74 Å². The number of aryl methyl sites for hydroxylation is 2. The van der Waals surface area contributed by atoms with E-state index in [1.54, 1.807) is 14.0 Å². The fourth-order valence-corrected chi connectivity index (χ4v) is 3.26. The zero-order valence-corrected chi connectivity index (χ0v) is 15.4. The van der Waals surface area contributed by atoms with Gasteiger partial charge in [-0.2, -0.15) is 0 Å². The van der Waals surface area contributed by atoms with Crippen molar-refractivity contribution < 1.29 is 9.53 Å². The standard InChI is InChI=1S/C18H22N2O3S/c1-11-6-8-14(9-7-11)10-15-12(2)19-18(20(4)16(15)21)24-13(3)17(22)23-5/h6-9,13H,10H2,1-5H3/t13-/m1/s1. The van der Waals surface area contributed by atoms with Gasteiger partial charge < -0.3 is 4.74 Å². The van der Waals surface area contributed by atoms with Crippen LogP contribution in [0, 0.1) is 13.8 Å². The van der Waals surface area contributed by atoms with Crippen LogP contribution in [0.15, 0.2) is 34.2 Å². The molecule has 6 heteroatoms. The summed E-state index contributed by atoms with van der Waals surface area (Å²) in [5.74, 6) is -0.337. The average Bonchev–Trinajstić information content (AvgIpc) is 2.57. The molecule has 0 aliphatic rings. The number of benzene rings is 1. The minimum Gasteiger partial charge on any atom is -0.468 e. The topological polar surface area (TPSA) is 61.2 Å². The van der Waals surface area contributed by atoms with Crippen LogP contribution in [0.25, 0.3) is 0 Å². The second-order valence-corrected chi connectivity index (χ2v) is 7.08. The van der Waals surface area contributed by atoms with E-state index >= 15 is 0 Å². The molecular weight excluding hydrogens is 324 g/mol. The van der Waals surface area contributed by atoms with E-state index in [2.05, 4.69) is 4.98 Å². The largest absolute Gasteiger partial charge is 0.468 e. The van der Waals surface area contributed by atoms with E-state index in [0.29, 0.717) is 22.8 Å². The highest BCUT2D eigenvalue weighted by Gasteiger charge is 2.19. The highest BCUT2D eigenvalue weighted by atomic mass is 32.2. The molecule has 1 heterocycles. The Morgan fingerprint density at radius 2 is 1.92 bits per heavy atom. The van der Waals surface area contributed by atoms with Crippen molar-refractivity contribution in [3.8, 4) is 0 Å². The zero-order valence-electron chi connectivity index (χ0n) is 14.6. The van der Waals surface area contributed by atoms with Crippen LogP contribution in [-0.4, -0.2) is 27.9 Å². The molecule has 1 aromatic carbocycles. The predicted molar refractivity (Wildman–Crippen MR) is 95.5 cm³/mol. The Hall–Kier alpha value is -2.08. The minimum atomic E-state index is -0.421. The number of thioether (sulfide) groups is 1. The SMILES string of the molecule is COC(=O)[C@@H](C)Sc1nc(C)c(Cc2ccc(C)cc2)c(=O)n1C. The van der Waals surface area contributed by atoms with Crippen LogP contribution < -0.4 is 5.56 Å². The van der Waals surface area contributed by atoms with Crippen molar-refractivity contribution in [3.63, 3.8) is 0 Å². The lowest BCUT2D eigenvalue weighted by Crippen LogP contribution is -2.27. The molecule has 1 aromatic heterocycles. The maximum absolute atomic E-state index is 12.7. The van der Waals surface area contributed by atoms with Gasteiger partial charge in [0.05, 0.1) is 7.11 Å². The Morgan fingerprint density at radius 3 is 2.50 bits per heavy atom. The first-order valence-electron chi connectivity index (χ1n) is 7.70. The minimum absolute atomic E-state index is 0.0809. The quantitative estimate of drug-likeness (QED) is 0.473. The lowest BCUT2D eigenvalue weighted by Gasteiger charge is -2.14. The molecule has 2 rings (SSSR count). The highest BCUT2D eigenvalue weighted by molar-refractivity contribution is 8.00. The highest BCUT2D eigenvalue weighted by Crippen LogP contribution is 2.22. The number of methoxy groups -OCH3 is 1. The first kappa shape index (κ1) is 18.3. The van der Waals surface area contributed by atoms with Crippen LogP contribution in [0.4, 0.5) is 0 Å². The van der Waals surface area contributed by atoms with Crippen molar-refractivity contribution in [1.29, 1.82) is 0 Å². The van der Waals surface area contributed by atoms with Crippen LogP contribution >= 0.6 is 11.8 Å². The molecule has 5 nitrogen and oxygen atoms in total. The summed E-state index contributed by atoms with van der Waals surface area (Å²) >= 11 is 1.23. The van der Waals surface area contributed by atoms with E-state index in [9.17, 15) is 9.59 Å². The summed E-state index contributed by atoms with van der Waals surface area (Å²) in [6.07, 6.45) is 0.545. The molecule has 0 saturated heterocycles. The molecule has 0 unspecified atom stereocenters. The Balaban J connectivity index is 2.32. The molecule has 0 bridgehead atoms. The number of aromatic nitrogens is 2. The Labute approximate surface area is 146 Å². The molecule has 0 spiro atoms. The van der Waals surface area contributed by atoms with Gasteiger partial charge in [0, 0.05) is 24.7 Å². The zero-order chi connectivity index (χ0) is 17.9. The van der Waals surface area contributed by atoms with Gasteiger partial charge in [0.15, 0.2) is 5.16 Å². The third kappa shape index (κ3) is 4.06. The smallest absolute Gasteiger partial charge is 0.318 e. The summed E-state index contributed by atoms with van der Waals surface area (Å²) < 4.78 is 6.22. The first-order valence-corrected chi connectivity index (χ1v) is 8.58. The van der Waals surface area contributed by atoms with Crippen molar-refractivity contribution in [3.05, 3.63) is 57.0 Å². The van der Waals surface area contributed by atoms with Crippen molar-refractivity contribution in [1.82, 2.24) is 9.55 Å². The lowest BCUT2D eigenvalue weighted by atomic mass is 10.0. The van der Waals surface area contributed by atoms with Crippen LogP contribution in [0.2, 0.25) is 0 Å². The lowest BCUT2D eigenvalue weighted by molar-refractivity contribution is -0.139. The first-order chi connectivity index (χ1) is 11.3. The van der Waals surface area contributed by atoms with Crippen molar-refractivity contribution in [2.45, 2.75) is 37.6 Å². The second kappa shape index (κ2) is 7.66. The van der Waals surface area contributed by atoms with Crippen molar-refractivity contribution >= 4 is 17.7 Å². The molecule has 0 N–H and O–H groups in total. The normalized spacial score (nSPS) is 12.0. The number of rotatable bonds is 5. The number of hydrogen-bond acceptors (Lipinski definition) is 5. The van der Waals surface area contributed by atoms with E-state index in [1.807, 2.05) is 38.1 Å². The number of esters is 1. The monoisotopic (exact) mass is 346 g/mol. The fraction of sp³-hybridized carbons (Fsp3) is 0.389. The Kier molecular flexibility index (Phi) is 5.83. The van der Waals surface area contributed by atoms with Gasteiger partial charge in [-0.15, -0.1) is 0 Å². The van der Waals surface area contributed by atoms with Gasteiger partial charge in [-0.25, -0.2) is 4.98 Å². The van der Waals surface area contributed by atoms with Gasteiger partial charge in [-0.05, 0) is 26.3 Å². The number of ether oxygens (including phenoxy) is 1. The summed E-state index contributed by atoms with van der Waals surface area (Å²) in [6, 6.07) is 8.11. The number of carbonyl (C=O) groups excluding carboxylic acids is 1. The molecular formula is C18H22N2O3S. The second-order valence-electron chi connectivity index (χ2n) is 5.77. The van der Waals surface area contributed by atoms with Gasteiger partial charge in [0.25, 0.3) is 5.56 Å². The summed E-state index contributed by atoms with van der Waals surface area (Å²) in [5.41, 5.74) is 3.55. The van der Waals surface area contributed by atoms with Crippen molar-refractivity contribution in [2.24, 2.45) is 7.05 Å². The molecule has 24 heavy (non-hydrogen) atoms. The Bertz CT molecular complexity index is 797. The van der Waals surface area contributed by atoms with Gasteiger partial charge in [-0.3, -0.25) is 14.2 Å². The third-order valence-corrected chi connectivity index (χ3v) is 4.99. The van der Waals surface area contributed by atoms with Crippen LogP contribution in [0.1, 0.15) is 29.3 Å². The van der Waals surface area contributed by atoms with E-state index in [0.717, 1.165) is 5.56 Å². The molecule has 0 saturated carbocycles. The van der Waals surface area contributed by atoms with Gasteiger partial charge in [-0.1, -0.05) is 41.6 Å². The van der Waals surface area contributed by atoms with E-state index in [1.165, 1.54) is 29.0 Å². The summed E-state index contributed by atoms with van der Waals surface area (Å²) in [5, 5.41) is 0.0958. The average molecular weight is 346 g/mol. The van der Waals surface area contributed by atoms with Crippen LogP contribution in [-0.2, 0) is 23.0 Å². The van der Waals surface area contributed by atoms with E-state index in [-0.39, 0.29) is 11.5 Å². The molecule has 2 aromatic rings. The summed E-state index contributed by atoms with van der Waals surface area (Å²) in [6.45, 7) is 5.60. The predicted octanol–water partition coefficient (Wildman–Crippen LogP) is 2.64.